The van der Waals surface area contributed by atoms with Crippen molar-refractivity contribution in [2.24, 2.45) is 5.92 Å². The maximum atomic E-state index is 13.5. The largest absolute Gasteiger partial charge is 0.497 e. The van der Waals surface area contributed by atoms with Gasteiger partial charge in [0.2, 0.25) is 0 Å². The van der Waals surface area contributed by atoms with E-state index in [9.17, 15) is 9.59 Å². The highest BCUT2D eigenvalue weighted by atomic mass is 32.2. The fraction of sp³-hybridized carbons (Fsp3) is 0.481. The van der Waals surface area contributed by atoms with E-state index in [4.69, 9.17) is 4.74 Å². The number of carbonyl (C=O) groups is 2. The molecule has 2 aliphatic rings. The molecule has 2 heterocycles. The third-order valence-electron chi connectivity index (χ3n) is 7.39. The molecule has 0 radical (unpaired) electrons. The van der Waals surface area contributed by atoms with Gasteiger partial charge in [0.05, 0.1) is 7.11 Å². The summed E-state index contributed by atoms with van der Waals surface area (Å²) in [5.41, 5.74) is 1.62. The molecule has 0 unspecified atom stereocenters. The summed E-state index contributed by atoms with van der Waals surface area (Å²) in [7, 11) is 1.64. The van der Waals surface area contributed by atoms with Gasteiger partial charge < -0.3 is 10.1 Å². The summed E-state index contributed by atoms with van der Waals surface area (Å²) >= 11 is 1.75. The van der Waals surface area contributed by atoms with Crippen LogP contribution in [0.1, 0.15) is 37.3 Å². The van der Waals surface area contributed by atoms with E-state index in [1.165, 1.54) is 15.4 Å². The second-order valence-electron chi connectivity index (χ2n) is 9.21. The average Bonchev–Trinajstić information content (AvgIpc) is 3.13. The van der Waals surface area contributed by atoms with Crippen molar-refractivity contribution >= 4 is 23.7 Å². The average molecular weight is 482 g/mol. The molecule has 7 heteroatoms. The number of ether oxygens (including phenoxy) is 1. The molecule has 1 atom stereocenters. The number of methoxy groups -OCH3 is 1. The molecule has 182 valence electrons. The first kappa shape index (κ1) is 24.6. The Balaban J connectivity index is 1.35. The van der Waals surface area contributed by atoms with E-state index >= 15 is 0 Å². The smallest absolute Gasteiger partial charge is 0.325 e. The van der Waals surface area contributed by atoms with E-state index in [0.717, 1.165) is 43.8 Å². The number of rotatable bonds is 9. The summed E-state index contributed by atoms with van der Waals surface area (Å²) in [6.45, 7) is 5.21. The van der Waals surface area contributed by atoms with Crippen molar-refractivity contribution in [3.63, 3.8) is 0 Å². The van der Waals surface area contributed by atoms with Crippen molar-refractivity contribution < 1.29 is 14.3 Å². The number of benzene rings is 2. The Hall–Kier alpha value is -2.51. The molecule has 0 bridgehead atoms. The van der Waals surface area contributed by atoms with Gasteiger partial charge in [0, 0.05) is 18.0 Å². The number of nitrogens with one attached hydrogen (secondary N) is 1. The van der Waals surface area contributed by atoms with Gasteiger partial charge in [-0.25, -0.2) is 4.79 Å². The van der Waals surface area contributed by atoms with Crippen molar-refractivity contribution in [2.45, 2.75) is 49.6 Å². The lowest BCUT2D eigenvalue weighted by molar-refractivity contribution is -0.134. The van der Waals surface area contributed by atoms with Gasteiger partial charge in [-0.1, -0.05) is 31.2 Å². The third kappa shape index (κ3) is 5.10. The van der Waals surface area contributed by atoms with Crippen LogP contribution in [0.2, 0.25) is 0 Å². The maximum absolute atomic E-state index is 13.5. The van der Waals surface area contributed by atoms with E-state index < -0.39 is 5.54 Å². The zero-order valence-electron chi connectivity index (χ0n) is 20.4. The SMILES string of the molecule is CC[C@]1(C2CCN(Cc3ccc(SC)cc3)CC2)NC(=O)N(CCc2ccc(OC)cc2)C1=O. The van der Waals surface area contributed by atoms with Crippen LogP contribution in [0.25, 0.3) is 0 Å². The summed E-state index contributed by atoms with van der Waals surface area (Å²) in [4.78, 5) is 31.5. The van der Waals surface area contributed by atoms with Gasteiger partial charge in [-0.2, -0.15) is 0 Å². The fourth-order valence-corrected chi connectivity index (χ4v) is 5.67. The minimum atomic E-state index is -0.775. The predicted octanol–water partition coefficient (Wildman–Crippen LogP) is 4.57. The Kier molecular flexibility index (Phi) is 7.84. The predicted molar refractivity (Wildman–Crippen MR) is 136 cm³/mol. The van der Waals surface area contributed by atoms with Crippen LogP contribution in [0, 0.1) is 5.92 Å². The molecule has 3 amide bonds. The van der Waals surface area contributed by atoms with Gasteiger partial charge in [0.25, 0.3) is 5.91 Å². The number of hydrogen-bond acceptors (Lipinski definition) is 5. The quantitative estimate of drug-likeness (QED) is 0.420. The standard InChI is InChI=1S/C27H35N3O3S/c1-4-27(22-14-16-29(17-15-22)19-21-7-11-24(34-3)12-8-21)25(31)30(26(32)28-27)18-13-20-5-9-23(33-2)10-6-20/h5-12,22H,4,13-19H2,1-3H3,(H,28,32)/t27-/m1/s1. The first-order chi connectivity index (χ1) is 16.5. The first-order valence-electron chi connectivity index (χ1n) is 12.1. The number of amides is 3. The molecular formula is C27H35N3O3S. The number of hydrogen-bond donors (Lipinski definition) is 1. The number of likely N-dealkylation sites (tertiary alicyclic amines) is 1. The Labute approximate surface area is 207 Å². The van der Waals surface area contributed by atoms with Crippen LogP contribution in [0.4, 0.5) is 4.79 Å². The van der Waals surface area contributed by atoms with Crippen LogP contribution in [-0.4, -0.2) is 60.3 Å². The van der Waals surface area contributed by atoms with Crippen LogP contribution in [0.3, 0.4) is 0 Å². The summed E-state index contributed by atoms with van der Waals surface area (Å²) in [5, 5.41) is 3.11. The van der Waals surface area contributed by atoms with Crippen molar-refractivity contribution in [3.8, 4) is 5.75 Å². The Bertz CT molecular complexity index is 987. The third-order valence-corrected chi connectivity index (χ3v) is 8.14. The van der Waals surface area contributed by atoms with E-state index in [-0.39, 0.29) is 17.9 Å². The second-order valence-corrected chi connectivity index (χ2v) is 10.1. The van der Waals surface area contributed by atoms with E-state index in [1.807, 2.05) is 31.2 Å². The lowest BCUT2D eigenvalue weighted by Gasteiger charge is -2.40. The van der Waals surface area contributed by atoms with E-state index in [2.05, 4.69) is 40.7 Å². The molecule has 2 aliphatic heterocycles. The minimum absolute atomic E-state index is 0.0559. The second kappa shape index (κ2) is 10.8. The van der Waals surface area contributed by atoms with Crippen molar-refractivity contribution in [1.82, 2.24) is 15.1 Å². The zero-order valence-corrected chi connectivity index (χ0v) is 21.2. The molecule has 1 N–H and O–H groups in total. The normalized spacial score (nSPS) is 21.7. The minimum Gasteiger partial charge on any atom is -0.497 e. The van der Waals surface area contributed by atoms with E-state index in [0.29, 0.717) is 19.4 Å². The topological polar surface area (TPSA) is 61.9 Å². The van der Waals surface area contributed by atoms with Gasteiger partial charge in [0.15, 0.2) is 0 Å². The molecule has 0 aromatic heterocycles. The van der Waals surface area contributed by atoms with Crippen molar-refractivity contribution in [1.29, 1.82) is 0 Å². The highest BCUT2D eigenvalue weighted by molar-refractivity contribution is 7.98. The lowest BCUT2D eigenvalue weighted by Crippen LogP contribution is -2.55. The van der Waals surface area contributed by atoms with Crippen LogP contribution < -0.4 is 10.1 Å². The Morgan fingerprint density at radius 3 is 2.26 bits per heavy atom. The number of piperidine rings is 1. The monoisotopic (exact) mass is 481 g/mol. The molecule has 2 aromatic rings. The molecule has 2 fully saturated rings. The lowest BCUT2D eigenvalue weighted by atomic mass is 9.75. The van der Waals surface area contributed by atoms with Crippen molar-refractivity contribution in [2.75, 3.05) is 33.0 Å². The molecule has 0 aliphatic carbocycles. The number of nitrogens with zero attached hydrogens (tertiary/aromatic N) is 2. The van der Waals surface area contributed by atoms with Crippen LogP contribution in [0.15, 0.2) is 53.4 Å². The maximum Gasteiger partial charge on any atom is 0.325 e. The van der Waals surface area contributed by atoms with Gasteiger partial charge in [-0.05, 0) is 86.3 Å². The number of carbonyl (C=O) groups excluding carboxylic acids is 2. The summed E-state index contributed by atoms with van der Waals surface area (Å²) in [6.07, 6.45) is 5.17. The number of urea groups is 1. The Morgan fingerprint density at radius 2 is 1.68 bits per heavy atom. The summed E-state index contributed by atoms with van der Waals surface area (Å²) in [6, 6.07) is 16.3. The number of imide groups is 1. The summed E-state index contributed by atoms with van der Waals surface area (Å²) < 4.78 is 5.21. The van der Waals surface area contributed by atoms with Crippen LogP contribution in [0.5, 0.6) is 5.75 Å². The molecule has 6 nitrogen and oxygen atoms in total. The van der Waals surface area contributed by atoms with Gasteiger partial charge in [0.1, 0.15) is 11.3 Å². The molecule has 0 saturated carbocycles. The van der Waals surface area contributed by atoms with Crippen molar-refractivity contribution in [3.05, 3.63) is 59.7 Å². The molecule has 34 heavy (non-hydrogen) atoms. The highest BCUT2D eigenvalue weighted by Crippen LogP contribution is 2.36. The fourth-order valence-electron chi connectivity index (χ4n) is 5.26. The number of thioether (sulfide) groups is 1. The van der Waals surface area contributed by atoms with Gasteiger partial charge >= 0.3 is 6.03 Å². The molecule has 4 rings (SSSR count). The van der Waals surface area contributed by atoms with E-state index in [1.54, 1.807) is 18.9 Å². The zero-order chi connectivity index (χ0) is 24.1. The highest BCUT2D eigenvalue weighted by Gasteiger charge is 2.54. The first-order valence-corrected chi connectivity index (χ1v) is 13.3. The molecule has 2 aromatic carbocycles. The molecular weight excluding hydrogens is 446 g/mol. The summed E-state index contributed by atoms with van der Waals surface area (Å²) in [5.74, 6) is 0.904. The molecule has 0 spiro atoms. The van der Waals surface area contributed by atoms with Crippen LogP contribution >= 0.6 is 11.8 Å². The van der Waals surface area contributed by atoms with Crippen LogP contribution in [-0.2, 0) is 17.8 Å². The van der Waals surface area contributed by atoms with Gasteiger partial charge in [-0.3, -0.25) is 14.6 Å². The molecule has 2 saturated heterocycles. The Morgan fingerprint density at radius 1 is 1.03 bits per heavy atom. The van der Waals surface area contributed by atoms with Gasteiger partial charge in [-0.15, -0.1) is 11.8 Å².